The molecular formula is C15H19NO3. The number of rotatable bonds is 4. The summed E-state index contributed by atoms with van der Waals surface area (Å²) in [5.74, 6) is 1.89. The van der Waals surface area contributed by atoms with E-state index in [4.69, 9.17) is 4.42 Å². The second-order valence-electron chi connectivity index (χ2n) is 4.80. The highest BCUT2D eigenvalue weighted by Gasteiger charge is 2.16. The van der Waals surface area contributed by atoms with E-state index in [0.29, 0.717) is 0 Å². The third-order valence-corrected chi connectivity index (χ3v) is 3.17. The molecule has 0 aliphatic rings. The Labute approximate surface area is 112 Å². The molecule has 102 valence electrons. The monoisotopic (exact) mass is 261 g/mol. The van der Waals surface area contributed by atoms with Gasteiger partial charge in [0.1, 0.15) is 23.0 Å². The molecule has 2 atom stereocenters. The Kier molecular flexibility index (Phi) is 3.81. The van der Waals surface area contributed by atoms with Crippen LogP contribution in [-0.4, -0.2) is 10.2 Å². The molecule has 0 aliphatic heterocycles. The van der Waals surface area contributed by atoms with E-state index in [2.05, 4.69) is 5.32 Å². The van der Waals surface area contributed by atoms with Crippen LogP contribution in [0.3, 0.4) is 0 Å². The molecule has 4 heteroatoms. The molecule has 0 spiro atoms. The average Bonchev–Trinajstić information content (AvgIpc) is 2.75. The topological polar surface area (TPSA) is 65.6 Å². The van der Waals surface area contributed by atoms with Crippen molar-refractivity contribution in [3.63, 3.8) is 0 Å². The molecule has 2 unspecified atom stereocenters. The number of furan rings is 1. The minimum atomic E-state index is -0.0546. The molecule has 2 aromatic rings. The molecule has 0 fully saturated rings. The summed E-state index contributed by atoms with van der Waals surface area (Å²) in [6, 6.07) is 8.47. The maximum absolute atomic E-state index is 9.83. The quantitative estimate of drug-likeness (QED) is 0.789. The molecule has 1 aromatic heterocycles. The van der Waals surface area contributed by atoms with Crippen LogP contribution in [0.5, 0.6) is 11.5 Å². The summed E-state index contributed by atoms with van der Waals surface area (Å²) in [4.78, 5) is 0. The minimum absolute atomic E-state index is 0.0388. The second-order valence-corrected chi connectivity index (χ2v) is 4.80. The van der Waals surface area contributed by atoms with Gasteiger partial charge in [-0.3, -0.25) is 0 Å². The Hall–Kier alpha value is -1.94. The van der Waals surface area contributed by atoms with E-state index >= 15 is 0 Å². The zero-order valence-electron chi connectivity index (χ0n) is 11.3. The lowest BCUT2D eigenvalue weighted by atomic mass is 10.1. The molecule has 0 amide bonds. The fourth-order valence-corrected chi connectivity index (χ4v) is 2.13. The highest BCUT2D eigenvalue weighted by atomic mass is 16.3. The van der Waals surface area contributed by atoms with Crippen LogP contribution in [0.2, 0.25) is 0 Å². The van der Waals surface area contributed by atoms with Crippen LogP contribution < -0.4 is 5.32 Å². The smallest absolute Gasteiger partial charge is 0.124 e. The molecule has 4 nitrogen and oxygen atoms in total. The Morgan fingerprint density at radius 3 is 2.37 bits per heavy atom. The lowest BCUT2D eigenvalue weighted by Gasteiger charge is -2.19. The lowest BCUT2D eigenvalue weighted by Crippen LogP contribution is -2.22. The van der Waals surface area contributed by atoms with Gasteiger partial charge in [-0.05, 0) is 39.0 Å². The maximum atomic E-state index is 9.83. The van der Waals surface area contributed by atoms with Crippen LogP contribution in [-0.2, 0) is 0 Å². The summed E-state index contributed by atoms with van der Waals surface area (Å²) in [5.41, 5.74) is 0.743. The maximum Gasteiger partial charge on any atom is 0.124 e. The zero-order chi connectivity index (χ0) is 14.0. The van der Waals surface area contributed by atoms with E-state index < -0.39 is 0 Å². The Bertz CT molecular complexity index is 562. The largest absolute Gasteiger partial charge is 0.508 e. The Morgan fingerprint density at radius 2 is 1.79 bits per heavy atom. The fourth-order valence-electron chi connectivity index (χ4n) is 2.13. The summed E-state index contributed by atoms with van der Waals surface area (Å²) in [6.45, 7) is 5.87. The van der Waals surface area contributed by atoms with Gasteiger partial charge in [0, 0.05) is 17.7 Å². The van der Waals surface area contributed by atoms with Gasteiger partial charge in [0.05, 0.1) is 6.04 Å². The van der Waals surface area contributed by atoms with Crippen molar-refractivity contribution in [2.24, 2.45) is 0 Å². The van der Waals surface area contributed by atoms with Gasteiger partial charge >= 0.3 is 0 Å². The predicted molar refractivity (Wildman–Crippen MR) is 73.2 cm³/mol. The summed E-state index contributed by atoms with van der Waals surface area (Å²) < 4.78 is 5.57. The van der Waals surface area contributed by atoms with Gasteiger partial charge in [-0.15, -0.1) is 0 Å². The average molecular weight is 261 g/mol. The van der Waals surface area contributed by atoms with Crippen LogP contribution in [0.4, 0.5) is 0 Å². The van der Waals surface area contributed by atoms with Crippen molar-refractivity contribution in [2.45, 2.75) is 32.9 Å². The van der Waals surface area contributed by atoms with Crippen LogP contribution in [0.25, 0.3) is 0 Å². The number of hydrogen-bond donors (Lipinski definition) is 3. The first-order valence-corrected chi connectivity index (χ1v) is 6.31. The molecule has 0 aliphatic carbocycles. The first-order valence-electron chi connectivity index (χ1n) is 6.31. The first kappa shape index (κ1) is 13.5. The van der Waals surface area contributed by atoms with Crippen LogP contribution >= 0.6 is 0 Å². The van der Waals surface area contributed by atoms with E-state index in [1.807, 2.05) is 32.9 Å². The third kappa shape index (κ3) is 3.09. The minimum Gasteiger partial charge on any atom is -0.508 e. The molecule has 3 N–H and O–H groups in total. The van der Waals surface area contributed by atoms with Gasteiger partial charge in [-0.1, -0.05) is 6.07 Å². The predicted octanol–water partition coefficient (Wildman–Crippen LogP) is 3.41. The number of benzene rings is 1. The van der Waals surface area contributed by atoms with Crippen LogP contribution in [0.1, 0.15) is 43.0 Å². The number of hydrogen-bond acceptors (Lipinski definition) is 4. The molecule has 1 aromatic carbocycles. The second kappa shape index (κ2) is 5.36. The standard InChI is InChI=1S/C15H19NO3/c1-9-4-7-15(19-9)11(3)16-10(2)13-6-5-12(17)8-14(13)18/h4-8,10-11,16-18H,1-3H3. The molecule has 2 rings (SSSR count). The van der Waals surface area contributed by atoms with Crippen molar-refractivity contribution in [2.75, 3.05) is 0 Å². The number of aryl methyl sites for hydroxylation is 1. The molecule has 19 heavy (non-hydrogen) atoms. The first-order chi connectivity index (χ1) is 8.97. The van der Waals surface area contributed by atoms with Gasteiger partial charge in [0.15, 0.2) is 0 Å². The summed E-state index contributed by atoms with van der Waals surface area (Å²) in [5, 5.41) is 22.5. The number of nitrogens with one attached hydrogen (secondary N) is 1. The van der Waals surface area contributed by atoms with E-state index in [1.54, 1.807) is 12.1 Å². The highest BCUT2D eigenvalue weighted by molar-refractivity contribution is 5.40. The van der Waals surface area contributed by atoms with Crippen molar-refractivity contribution >= 4 is 0 Å². The normalized spacial score (nSPS) is 14.3. The van der Waals surface area contributed by atoms with Crippen molar-refractivity contribution in [1.29, 1.82) is 0 Å². The van der Waals surface area contributed by atoms with Gasteiger partial charge in [-0.2, -0.15) is 0 Å². The Balaban J connectivity index is 2.10. The molecular weight excluding hydrogens is 242 g/mol. The summed E-state index contributed by atoms with van der Waals surface area (Å²) in [6.07, 6.45) is 0. The van der Waals surface area contributed by atoms with Gasteiger partial charge in [0.25, 0.3) is 0 Å². The number of aromatic hydroxyl groups is 2. The Morgan fingerprint density at radius 1 is 1.05 bits per heavy atom. The van der Waals surface area contributed by atoms with E-state index in [0.717, 1.165) is 17.1 Å². The van der Waals surface area contributed by atoms with E-state index in [-0.39, 0.29) is 23.6 Å². The molecule has 0 radical (unpaired) electrons. The van der Waals surface area contributed by atoms with Crippen LogP contribution in [0, 0.1) is 6.92 Å². The van der Waals surface area contributed by atoms with Crippen molar-refractivity contribution in [3.8, 4) is 11.5 Å². The summed E-state index contributed by atoms with van der Waals surface area (Å²) >= 11 is 0. The molecule has 0 saturated heterocycles. The molecule has 0 saturated carbocycles. The van der Waals surface area contributed by atoms with Gasteiger partial charge < -0.3 is 19.9 Å². The van der Waals surface area contributed by atoms with Crippen LogP contribution in [0.15, 0.2) is 34.7 Å². The zero-order valence-corrected chi connectivity index (χ0v) is 11.3. The summed E-state index contributed by atoms with van der Waals surface area (Å²) in [7, 11) is 0. The SMILES string of the molecule is Cc1ccc(C(C)NC(C)c2ccc(O)cc2O)o1. The molecule has 0 bridgehead atoms. The molecule has 1 heterocycles. The number of phenolic OH excluding ortho intramolecular Hbond substituents is 2. The van der Waals surface area contributed by atoms with Crippen molar-refractivity contribution in [3.05, 3.63) is 47.4 Å². The highest BCUT2D eigenvalue weighted by Crippen LogP contribution is 2.29. The van der Waals surface area contributed by atoms with Gasteiger partial charge in [0.2, 0.25) is 0 Å². The number of phenols is 2. The van der Waals surface area contributed by atoms with Crippen molar-refractivity contribution in [1.82, 2.24) is 5.32 Å². The third-order valence-electron chi connectivity index (χ3n) is 3.17. The van der Waals surface area contributed by atoms with E-state index in [9.17, 15) is 10.2 Å². The lowest BCUT2D eigenvalue weighted by molar-refractivity contribution is 0.383. The van der Waals surface area contributed by atoms with Crippen molar-refractivity contribution < 1.29 is 14.6 Å². The van der Waals surface area contributed by atoms with Gasteiger partial charge in [-0.25, -0.2) is 0 Å². The fraction of sp³-hybridized carbons (Fsp3) is 0.333. The van der Waals surface area contributed by atoms with E-state index in [1.165, 1.54) is 6.07 Å².